The van der Waals surface area contributed by atoms with Crippen LogP contribution in [-0.4, -0.2) is 19.2 Å². The number of halogens is 1. The second-order valence-electron chi connectivity index (χ2n) is 5.57. The summed E-state index contributed by atoms with van der Waals surface area (Å²) in [5, 5.41) is 0.717. The molecule has 0 radical (unpaired) electrons. The molecule has 0 heterocycles. The van der Waals surface area contributed by atoms with E-state index in [1.54, 1.807) is 0 Å². The van der Waals surface area contributed by atoms with Crippen LogP contribution in [0.3, 0.4) is 0 Å². The predicted octanol–water partition coefficient (Wildman–Crippen LogP) is 4.88. The van der Waals surface area contributed by atoms with Crippen LogP contribution in [0.25, 0.3) is 0 Å². The maximum absolute atomic E-state index is 11.9. The van der Waals surface area contributed by atoms with E-state index in [0.717, 1.165) is 29.7 Å². The normalized spacial score (nSPS) is 12.3. The summed E-state index contributed by atoms with van der Waals surface area (Å²) >= 11 is 6.19. The molecule has 1 aromatic carbocycles. The topological polar surface area (TPSA) is 35.5 Å². The Balaban J connectivity index is 3.06. The number of esters is 1. The van der Waals surface area contributed by atoms with E-state index >= 15 is 0 Å². The Kier molecular flexibility index (Phi) is 7.03. The van der Waals surface area contributed by atoms with Crippen molar-refractivity contribution in [3.63, 3.8) is 0 Å². The predicted molar refractivity (Wildman–Crippen MR) is 86.2 cm³/mol. The Morgan fingerprint density at radius 3 is 2.52 bits per heavy atom. The third-order valence-corrected chi connectivity index (χ3v) is 3.87. The largest absolute Gasteiger partial charge is 0.478 e. The molecule has 0 aliphatic carbocycles. The SMILES string of the molecule is CCCCC(Oc1cc(C)c(Cl)cc1C(C)C)C(=O)OC. The van der Waals surface area contributed by atoms with Gasteiger partial charge in [-0.05, 0) is 48.9 Å². The van der Waals surface area contributed by atoms with Crippen molar-refractivity contribution in [2.75, 3.05) is 7.11 Å². The molecule has 0 aliphatic heterocycles. The molecule has 0 amide bonds. The highest BCUT2D eigenvalue weighted by Crippen LogP contribution is 2.33. The van der Waals surface area contributed by atoms with E-state index in [1.165, 1.54) is 7.11 Å². The van der Waals surface area contributed by atoms with E-state index in [2.05, 4.69) is 20.8 Å². The molecule has 0 bridgehead atoms. The van der Waals surface area contributed by atoms with Crippen molar-refractivity contribution >= 4 is 17.6 Å². The monoisotopic (exact) mass is 312 g/mol. The van der Waals surface area contributed by atoms with Crippen LogP contribution in [0.15, 0.2) is 12.1 Å². The second kappa shape index (κ2) is 8.28. The molecule has 0 aromatic heterocycles. The number of carbonyl (C=O) groups is 1. The van der Waals surface area contributed by atoms with Gasteiger partial charge in [0, 0.05) is 5.02 Å². The van der Waals surface area contributed by atoms with Gasteiger partial charge in [0.15, 0.2) is 6.10 Å². The Labute approximate surface area is 132 Å². The van der Waals surface area contributed by atoms with Crippen LogP contribution in [0.5, 0.6) is 5.75 Å². The standard InChI is InChI=1S/C17H25ClO3/c1-6-7-8-15(17(19)20-5)21-16-9-12(4)14(18)10-13(16)11(2)3/h9-11,15H,6-8H2,1-5H3. The Morgan fingerprint density at radius 1 is 1.33 bits per heavy atom. The minimum Gasteiger partial charge on any atom is -0.478 e. The van der Waals surface area contributed by atoms with Crippen LogP contribution < -0.4 is 4.74 Å². The number of benzene rings is 1. The van der Waals surface area contributed by atoms with Gasteiger partial charge in [-0.25, -0.2) is 4.79 Å². The number of ether oxygens (including phenoxy) is 2. The molecule has 1 rings (SSSR count). The smallest absolute Gasteiger partial charge is 0.347 e. The highest BCUT2D eigenvalue weighted by Gasteiger charge is 2.23. The van der Waals surface area contributed by atoms with E-state index < -0.39 is 6.10 Å². The first-order valence-corrected chi connectivity index (χ1v) is 7.83. The molecule has 118 valence electrons. The first-order chi connectivity index (χ1) is 9.90. The fourth-order valence-corrected chi connectivity index (χ4v) is 2.29. The molecule has 1 aromatic rings. The molecule has 0 N–H and O–H groups in total. The zero-order chi connectivity index (χ0) is 16.0. The van der Waals surface area contributed by atoms with Crippen molar-refractivity contribution in [3.8, 4) is 5.75 Å². The summed E-state index contributed by atoms with van der Waals surface area (Å²) in [7, 11) is 1.39. The molecule has 4 heteroatoms. The summed E-state index contributed by atoms with van der Waals surface area (Å²) in [5.41, 5.74) is 1.95. The highest BCUT2D eigenvalue weighted by molar-refractivity contribution is 6.31. The summed E-state index contributed by atoms with van der Waals surface area (Å²) in [6.45, 7) is 8.17. The molecule has 1 unspecified atom stereocenters. The fourth-order valence-electron chi connectivity index (χ4n) is 2.12. The van der Waals surface area contributed by atoms with Gasteiger partial charge in [0.25, 0.3) is 0 Å². The van der Waals surface area contributed by atoms with Crippen molar-refractivity contribution in [3.05, 3.63) is 28.3 Å². The number of methoxy groups -OCH3 is 1. The van der Waals surface area contributed by atoms with Crippen LogP contribution in [0.4, 0.5) is 0 Å². The lowest BCUT2D eigenvalue weighted by molar-refractivity contribution is -0.149. The van der Waals surface area contributed by atoms with Crippen molar-refractivity contribution in [1.29, 1.82) is 0 Å². The number of unbranched alkanes of at least 4 members (excludes halogenated alkanes) is 1. The van der Waals surface area contributed by atoms with Crippen molar-refractivity contribution < 1.29 is 14.3 Å². The van der Waals surface area contributed by atoms with E-state index in [-0.39, 0.29) is 11.9 Å². The van der Waals surface area contributed by atoms with Gasteiger partial charge in [-0.1, -0.05) is 38.8 Å². The molecule has 0 saturated heterocycles. The van der Waals surface area contributed by atoms with Crippen LogP contribution in [0.2, 0.25) is 5.02 Å². The minimum absolute atomic E-state index is 0.266. The maximum Gasteiger partial charge on any atom is 0.347 e. The summed E-state index contributed by atoms with van der Waals surface area (Å²) < 4.78 is 10.8. The number of rotatable bonds is 7. The van der Waals surface area contributed by atoms with Gasteiger partial charge < -0.3 is 9.47 Å². The van der Waals surface area contributed by atoms with Gasteiger partial charge in [0.05, 0.1) is 7.11 Å². The van der Waals surface area contributed by atoms with Gasteiger partial charge in [0.1, 0.15) is 5.75 Å². The van der Waals surface area contributed by atoms with Gasteiger partial charge in [0.2, 0.25) is 0 Å². The Hall–Kier alpha value is -1.22. The summed E-state index contributed by atoms with van der Waals surface area (Å²) in [5.74, 6) is 0.659. The molecular weight excluding hydrogens is 288 g/mol. The van der Waals surface area contributed by atoms with Crippen molar-refractivity contribution in [1.82, 2.24) is 0 Å². The average Bonchev–Trinajstić information content (AvgIpc) is 2.45. The minimum atomic E-state index is -0.562. The fraction of sp³-hybridized carbons (Fsp3) is 0.588. The van der Waals surface area contributed by atoms with Crippen LogP contribution in [-0.2, 0) is 9.53 Å². The third-order valence-electron chi connectivity index (χ3n) is 3.47. The van der Waals surface area contributed by atoms with Gasteiger partial charge in [-0.2, -0.15) is 0 Å². The molecule has 0 spiro atoms. The first-order valence-electron chi connectivity index (χ1n) is 7.45. The maximum atomic E-state index is 11.9. The lowest BCUT2D eigenvalue weighted by Gasteiger charge is -2.21. The van der Waals surface area contributed by atoms with Gasteiger partial charge in [-0.15, -0.1) is 0 Å². The molecule has 0 fully saturated rings. The van der Waals surface area contributed by atoms with E-state index in [9.17, 15) is 4.79 Å². The van der Waals surface area contributed by atoms with E-state index in [1.807, 2.05) is 19.1 Å². The molecule has 0 saturated carbocycles. The number of carbonyl (C=O) groups excluding carboxylic acids is 1. The molecule has 21 heavy (non-hydrogen) atoms. The third kappa shape index (κ3) is 4.92. The zero-order valence-electron chi connectivity index (χ0n) is 13.5. The quantitative estimate of drug-likeness (QED) is 0.673. The van der Waals surface area contributed by atoms with Crippen LogP contribution in [0.1, 0.15) is 57.1 Å². The first kappa shape index (κ1) is 17.8. The Morgan fingerprint density at radius 2 is 2.00 bits per heavy atom. The van der Waals surface area contributed by atoms with E-state index in [4.69, 9.17) is 21.1 Å². The number of hydrogen-bond acceptors (Lipinski definition) is 3. The summed E-state index contributed by atoms with van der Waals surface area (Å²) in [4.78, 5) is 11.9. The lowest BCUT2D eigenvalue weighted by Crippen LogP contribution is -2.29. The highest BCUT2D eigenvalue weighted by atomic mass is 35.5. The molecule has 3 nitrogen and oxygen atoms in total. The second-order valence-corrected chi connectivity index (χ2v) is 5.97. The zero-order valence-corrected chi connectivity index (χ0v) is 14.3. The lowest BCUT2D eigenvalue weighted by atomic mass is 10.0. The average molecular weight is 313 g/mol. The van der Waals surface area contributed by atoms with Crippen LogP contribution in [0, 0.1) is 6.92 Å². The number of hydrogen-bond donors (Lipinski definition) is 0. The molecule has 1 atom stereocenters. The number of aryl methyl sites for hydroxylation is 1. The van der Waals surface area contributed by atoms with Gasteiger partial charge in [-0.3, -0.25) is 0 Å². The molecular formula is C17H25ClO3. The Bertz CT molecular complexity index is 483. The van der Waals surface area contributed by atoms with Crippen molar-refractivity contribution in [2.24, 2.45) is 0 Å². The van der Waals surface area contributed by atoms with E-state index in [0.29, 0.717) is 11.4 Å². The van der Waals surface area contributed by atoms with Crippen molar-refractivity contribution in [2.45, 2.75) is 59.0 Å². The summed E-state index contributed by atoms with van der Waals surface area (Å²) in [6.07, 6.45) is 2.02. The molecule has 0 aliphatic rings. The van der Waals surface area contributed by atoms with Crippen LogP contribution >= 0.6 is 11.6 Å². The summed E-state index contributed by atoms with van der Waals surface area (Å²) in [6, 6.07) is 3.82. The van der Waals surface area contributed by atoms with Gasteiger partial charge >= 0.3 is 5.97 Å².